The highest BCUT2D eigenvalue weighted by atomic mass is 19.1. The molecule has 4 atom stereocenters. The predicted molar refractivity (Wildman–Crippen MR) is 126 cm³/mol. The molecular weight excluding hydrogens is 459 g/mol. The average Bonchev–Trinajstić information content (AvgIpc) is 2.79. The quantitative estimate of drug-likeness (QED) is 0.443. The van der Waals surface area contributed by atoms with Gasteiger partial charge in [0.2, 0.25) is 0 Å². The molecule has 0 radical (unpaired) electrons. The van der Waals surface area contributed by atoms with Gasteiger partial charge in [0.15, 0.2) is 11.5 Å². The molecule has 2 heterocycles. The zero-order valence-corrected chi connectivity index (χ0v) is 19.2. The second-order valence-electron chi connectivity index (χ2n) is 9.17. The van der Waals surface area contributed by atoms with E-state index in [1.165, 1.54) is 6.20 Å². The Bertz CT molecular complexity index is 1250. The molecule has 1 aromatic carbocycles. The van der Waals surface area contributed by atoms with E-state index in [1.54, 1.807) is 19.2 Å². The Morgan fingerprint density at radius 1 is 1.17 bits per heavy atom. The third-order valence-corrected chi connectivity index (χ3v) is 6.89. The molecule has 1 amide bonds. The summed E-state index contributed by atoms with van der Waals surface area (Å²) in [6, 6.07) is 5.15. The number of carbonyl (C=O) groups excluding carboxylic acids is 1. The number of amides is 1. The Morgan fingerprint density at radius 3 is 2.51 bits per heavy atom. The minimum Gasteiger partial charge on any atom is -0.397 e. The van der Waals surface area contributed by atoms with Crippen molar-refractivity contribution in [3.8, 4) is 11.3 Å². The van der Waals surface area contributed by atoms with Gasteiger partial charge in [-0.05, 0) is 55.4 Å². The van der Waals surface area contributed by atoms with Gasteiger partial charge >= 0.3 is 0 Å². The predicted octanol–water partition coefficient (Wildman–Crippen LogP) is 3.99. The second-order valence-corrected chi connectivity index (χ2v) is 9.17. The number of nitrogens with zero attached hydrogens (tertiary/aromatic N) is 2. The van der Waals surface area contributed by atoms with Crippen molar-refractivity contribution in [2.45, 2.75) is 44.2 Å². The van der Waals surface area contributed by atoms with Gasteiger partial charge in [-0.25, -0.2) is 18.2 Å². The first-order chi connectivity index (χ1) is 16.5. The molecule has 35 heavy (non-hydrogen) atoms. The minimum absolute atomic E-state index is 0.0693. The van der Waals surface area contributed by atoms with Crippen molar-refractivity contribution in [1.82, 2.24) is 9.97 Å². The highest BCUT2D eigenvalue weighted by molar-refractivity contribution is 6.07. The number of anilines is 2. The molecule has 3 aromatic rings. The molecule has 4 rings (SSSR count). The number of nitrogen functional groups attached to an aromatic ring is 1. The number of benzene rings is 1. The molecule has 0 spiro atoms. The van der Waals surface area contributed by atoms with Crippen LogP contribution in [0.3, 0.4) is 0 Å². The molecule has 0 saturated heterocycles. The third kappa shape index (κ3) is 4.59. The van der Waals surface area contributed by atoms with E-state index in [4.69, 9.17) is 11.5 Å². The zero-order chi connectivity index (χ0) is 25.5. The molecule has 2 aromatic heterocycles. The van der Waals surface area contributed by atoms with Crippen molar-refractivity contribution in [2.75, 3.05) is 11.1 Å². The summed E-state index contributed by atoms with van der Waals surface area (Å²) in [6.45, 7) is 3.63. The SMILES string of the molecule is C[C@H]1C[C@@H](c2ccncc2NC(=O)c2nc(-c3c(F)cccc3F)c(F)cc2N)C[C@@H](N)[C@]1(C)O. The fraction of sp³-hybridized carbons (Fsp3) is 0.320. The lowest BCUT2D eigenvalue weighted by Crippen LogP contribution is -2.54. The van der Waals surface area contributed by atoms with Crippen molar-refractivity contribution >= 4 is 17.3 Å². The van der Waals surface area contributed by atoms with E-state index in [1.807, 2.05) is 6.92 Å². The van der Waals surface area contributed by atoms with Crippen LogP contribution in [-0.2, 0) is 0 Å². The molecule has 0 aliphatic heterocycles. The van der Waals surface area contributed by atoms with Crippen LogP contribution < -0.4 is 16.8 Å². The Morgan fingerprint density at radius 2 is 1.86 bits per heavy atom. The van der Waals surface area contributed by atoms with Crippen LogP contribution in [0.15, 0.2) is 42.7 Å². The van der Waals surface area contributed by atoms with Crippen LogP contribution in [0, 0.1) is 23.4 Å². The molecule has 1 aliphatic rings. The van der Waals surface area contributed by atoms with Gasteiger partial charge in [-0.3, -0.25) is 9.78 Å². The highest BCUT2D eigenvalue weighted by Gasteiger charge is 2.42. The van der Waals surface area contributed by atoms with Crippen LogP contribution in [0.1, 0.15) is 48.7 Å². The van der Waals surface area contributed by atoms with Gasteiger partial charge in [-0.2, -0.15) is 0 Å². The van der Waals surface area contributed by atoms with Crippen LogP contribution in [0.2, 0.25) is 0 Å². The van der Waals surface area contributed by atoms with E-state index in [-0.39, 0.29) is 17.5 Å². The first-order valence-electron chi connectivity index (χ1n) is 11.1. The normalized spacial score (nSPS) is 24.3. The highest BCUT2D eigenvalue weighted by Crippen LogP contribution is 2.43. The standard InChI is InChI=1S/C25H26F3N5O2/c1-12-8-13(9-20(30)25(12,2)35)14-6-7-31-11-19(14)32-24(34)23-18(29)10-17(28)22(33-23)21-15(26)4-3-5-16(21)27/h3-7,10-13,20,35H,8-9,29-30H2,1-2H3,(H,32,34)/t12-,13+,20+,25+/m0/s1. The number of hydrogen-bond acceptors (Lipinski definition) is 6. The van der Waals surface area contributed by atoms with Crippen molar-refractivity contribution < 1.29 is 23.1 Å². The molecule has 0 unspecified atom stereocenters. The molecule has 1 fully saturated rings. The maximum atomic E-state index is 14.6. The number of nitrogens with two attached hydrogens (primary N) is 2. The monoisotopic (exact) mass is 485 g/mol. The molecule has 6 N–H and O–H groups in total. The molecule has 1 saturated carbocycles. The summed E-state index contributed by atoms with van der Waals surface area (Å²) in [5.74, 6) is -4.08. The van der Waals surface area contributed by atoms with Gasteiger partial charge in [0.05, 0.1) is 28.7 Å². The van der Waals surface area contributed by atoms with E-state index in [9.17, 15) is 23.1 Å². The lowest BCUT2D eigenvalue weighted by Gasteiger charge is -2.44. The lowest BCUT2D eigenvalue weighted by atomic mass is 9.68. The Balaban J connectivity index is 1.67. The van der Waals surface area contributed by atoms with Crippen LogP contribution in [0.25, 0.3) is 11.3 Å². The van der Waals surface area contributed by atoms with Crippen LogP contribution in [0.5, 0.6) is 0 Å². The van der Waals surface area contributed by atoms with Crippen LogP contribution in [-0.4, -0.2) is 32.6 Å². The van der Waals surface area contributed by atoms with Crippen LogP contribution >= 0.6 is 0 Å². The van der Waals surface area contributed by atoms with E-state index in [0.717, 1.165) is 29.8 Å². The topological polar surface area (TPSA) is 127 Å². The van der Waals surface area contributed by atoms with E-state index in [2.05, 4.69) is 15.3 Å². The van der Waals surface area contributed by atoms with Crippen molar-refractivity contribution in [3.05, 3.63) is 71.4 Å². The Labute approximate surface area is 200 Å². The Hall–Kier alpha value is -3.50. The summed E-state index contributed by atoms with van der Waals surface area (Å²) in [5, 5.41) is 13.3. The maximum Gasteiger partial charge on any atom is 0.276 e. The zero-order valence-electron chi connectivity index (χ0n) is 19.2. The molecular formula is C25H26F3N5O2. The number of carbonyl (C=O) groups is 1. The van der Waals surface area contributed by atoms with E-state index in [0.29, 0.717) is 18.5 Å². The smallest absolute Gasteiger partial charge is 0.276 e. The lowest BCUT2D eigenvalue weighted by molar-refractivity contribution is -0.0463. The Kier molecular flexibility index (Phi) is 6.52. The molecule has 7 nitrogen and oxygen atoms in total. The van der Waals surface area contributed by atoms with Gasteiger partial charge in [0.25, 0.3) is 5.91 Å². The first kappa shape index (κ1) is 24.6. The van der Waals surface area contributed by atoms with Crippen molar-refractivity contribution in [2.24, 2.45) is 11.7 Å². The summed E-state index contributed by atoms with van der Waals surface area (Å²) in [4.78, 5) is 21.1. The number of nitrogens with one attached hydrogen (secondary N) is 1. The van der Waals surface area contributed by atoms with Gasteiger partial charge in [-0.1, -0.05) is 13.0 Å². The van der Waals surface area contributed by atoms with Gasteiger partial charge in [0, 0.05) is 18.3 Å². The van der Waals surface area contributed by atoms with E-state index < -0.39 is 52.0 Å². The van der Waals surface area contributed by atoms with Gasteiger partial charge in [-0.15, -0.1) is 0 Å². The molecule has 184 valence electrons. The van der Waals surface area contributed by atoms with Crippen LogP contribution in [0.4, 0.5) is 24.5 Å². The first-order valence-corrected chi connectivity index (χ1v) is 11.1. The number of rotatable bonds is 4. The fourth-order valence-electron chi connectivity index (χ4n) is 4.56. The maximum absolute atomic E-state index is 14.6. The third-order valence-electron chi connectivity index (χ3n) is 6.89. The van der Waals surface area contributed by atoms with Crippen molar-refractivity contribution in [3.63, 3.8) is 0 Å². The summed E-state index contributed by atoms with van der Waals surface area (Å²) < 4.78 is 43.1. The fourth-order valence-corrected chi connectivity index (χ4v) is 4.56. The minimum atomic E-state index is -1.07. The number of halogens is 3. The number of aliphatic hydroxyl groups is 1. The average molecular weight is 486 g/mol. The summed E-state index contributed by atoms with van der Waals surface area (Å²) >= 11 is 0. The summed E-state index contributed by atoms with van der Waals surface area (Å²) in [5.41, 5.74) is 10.1. The number of pyridine rings is 2. The van der Waals surface area contributed by atoms with E-state index >= 15 is 0 Å². The van der Waals surface area contributed by atoms with Gasteiger partial charge < -0.3 is 21.9 Å². The van der Waals surface area contributed by atoms with Crippen molar-refractivity contribution in [1.29, 1.82) is 0 Å². The van der Waals surface area contributed by atoms with Gasteiger partial charge in [0.1, 0.15) is 17.3 Å². The summed E-state index contributed by atoms with van der Waals surface area (Å²) in [6.07, 6.45) is 4.14. The number of hydrogen-bond donors (Lipinski definition) is 4. The largest absolute Gasteiger partial charge is 0.397 e. The number of aromatic nitrogens is 2. The molecule has 10 heteroatoms. The second kappa shape index (κ2) is 9.27. The summed E-state index contributed by atoms with van der Waals surface area (Å²) in [7, 11) is 0. The molecule has 1 aliphatic carbocycles. The molecule has 0 bridgehead atoms.